The predicted octanol–water partition coefficient (Wildman–Crippen LogP) is 19.7. The Morgan fingerprint density at radius 1 is 0.443 bits per heavy atom. The molecule has 4 saturated heterocycles. The molecule has 6 aliphatic heterocycles. The first-order chi connectivity index (χ1) is 67.8. The van der Waals surface area contributed by atoms with Gasteiger partial charge >= 0.3 is 23.9 Å². The van der Waals surface area contributed by atoms with Crippen molar-refractivity contribution in [1.29, 1.82) is 0 Å². The minimum Gasteiger partial charge on any atom is -0.459 e. The number of nitrogens with zero attached hydrogens (tertiary/aromatic N) is 6. The summed E-state index contributed by atoms with van der Waals surface area (Å²) in [5, 5.41) is 10.2. The number of thiophene rings is 2. The van der Waals surface area contributed by atoms with Crippen LogP contribution in [0.15, 0.2) is 235 Å². The molecular formula is C108H92N8O22S2. The average molecular weight is 1920 g/mol. The van der Waals surface area contributed by atoms with E-state index in [0.29, 0.717) is 32.7 Å². The Labute approximate surface area is 809 Å². The van der Waals surface area contributed by atoms with Crippen LogP contribution in [0.3, 0.4) is 0 Å². The fourth-order valence-electron chi connectivity index (χ4n) is 17.2. The molecule has 0 radical (unpaired) electrons. The summed E-state index contributed by atoms with van der Waals surface area (Å²) in [5.41, 5.74) is 2.71. The average Bonchev–Trinajstić information content (AvgIpc) is 0.929. The van der Waals surface area contributed by atoms with Crippen LogP contribution in [-0.2, 0) is 52.3 Å². The Morgan fingerprint density at radius 2 is 0.814 bits per heavy atom. The summed E-state index contributed by atoms with van der Waals surface area (Å²) < 4.78 is 73.8. The van der Waals surface area contributed by atoms with Crippen LogP contribution in [0, 0.1) is 0 Å². The van der Waals surface area contributed by atoms with Crippen molar-refractivity contribution in [3.05, 3.63) is 306 Å². The summed E-state index contributed by atoms with van der Waals surface area (Å²) in [6.45, 7) is 17.5. The zero-order valence-electron chi connectivity index (χ0n) is 77.1. The fourth-order valence-corrected chi connectivity index (χ4v) is 18.7. The highest BCUT2D eigenvalue weighted by atomic mass is 32.1. The highest BCUT2D eigenvalue weighted by molar-refractivity contribution is 7.10. The molecule has 4 fully saturated rings. The van der Waals surface area contributed by atoms with E-state index in [4.69, 9.17) is 56.8 Å². The van der Waals surface area contributed by atoms with Gasteiger partial charge in [0.25, 0.3) is 29.5 Å². The number of fused-ring (bicyclic) bond motifs is 2. The number of amides is 5. The summed E-state index contributed by atoms with van der Waals surface area (Å²) in [6.07, 6.45) is 9.94. The monoisotopic (exact) mass is 1920 g/mol. The maximum absolute atomic E-state index is 17.5. The number of hydrogen-bond donors (Lipinski definition) is 2. The van der Waals surface area contributed by atoms with Crippen LogP contribution in [0.1, 0.15) is 196 Å². The molecule has 14 aromatic rings. The van der Waals surface area contributed by atoms with Gasteiger partial charge in [-0.25, -0.2) is 19.2 Å². The van der Waals surface area contributed by atoms with E-state index >= 15 is 28.8 Å². The van der Waals surface area contributed by atoms with Gasteiger partial charge in [-0.1, -0.05) is 116 Å². The number of carbonyl (C=O) groups is 10. The lowest BCUT2D eigenvalue weighted by molar-refractivity contribution is -0.139. The van der Waals surface area contributed by atoms with E-state index in [0.717, 1.165) is 54.7 Å². The van der Waals surface area contributed by atoms with Crippen molar-refractivity contribution < 1.29 is 105 Å². The van der Waals surface area contributed by atoms with Gasteiger partial charge in [-0.2, -0.15) is 0 Å². The largest absolute Gasteiger partial charge is 0.459 e. The van der Waals surface area contributed by atoms with Gasteiger partial charge in [0.2, 0.25) is 0 Å². The molecule has 20 rings (SSSR count). The molecule has 11 heterocycles. The molecular weight excluding hydrogens is 1830 g/mol. The molecule has 5 amide bonds. The van der Waals surface area contributed by atoms with Crippen molar-refractivity contribution in [2.75, 3.05) is 69.2 Å². The first-order valence-electron chi connectivity index (χ1n) is 45.9. The first kappa shape index (κ1) is 92.3. The third-order valence-electron chi connectivity index (χ3n) is 24.9. The van der Waals surface area contributed by atoms with Crippen molar-refractivity contribution in [1.82, 2.24) is 30.5 Å². The van der Waals surface area contributed by atoms with Gasteiger partial charge in [0.05, 0.1) is 108 Å². The van der Waals surface area contributed by atoms with Gasteiger partial charge < -0.3 is 67.5 Å². The zero-order chi connectivity index (χ0) is 97.0. The van der Waals surface area contributed by atoms with Crippen molar-refractivity contribution in [2.24, 2.45) is 0 Å². The van der Waals surface area contributed by atoms with Crippen molar-refractivity contribution in [2.45, 2.75) is 116 Å². The standard InChI is InChI=1S/C108H92N8O22S2/c1-56(2)60-13-21-73(22-14-60)135-84-35-68(47-117)90-81(100(118)113-98(88-11-9-29-139-88)103(121)114(69-31-64(39-109-43-69)105(123)131-52-77-48-127-77)70-32-65(40-110-44-70)106(124)132-53-78-49-128-78)36-85(136-74-23-15-61(16-24-74)57(3)4)93-95-87(138-76-27-19-63(20-28-76)59(7)8)38-83-91-82(37-86(94(97(91)95)92(84)96(90)93)137-75-25-17-62(18-26-75)58(5)6)101(119)116(102(83)120)99(89-12-10-30-140-89)104(122)115(71-33-66(41-111-45-71)107(125)133-54-79-50-129-79)72-34-67(42-112-46-72)108(126)134-55-80-51-130-80/h9-45,47,56-59,77-80,98-99,112H,46,48-55H2,1-8H3,(H,113,118). The number of carbonyl (C=O) groups excluding carboxylic acids is 10. The Balaban J connectivity index is 0.849. The second-order valence-electron chi connectivity index (χ2n) is 35.9. The van der Waals surface area contributed by atoms with Crippen LogP contribution in [0.25, 0.3) is 43.1 Å². The number of rotatable bonds is 36. The minimum atomic E-state index is -1.91. The molecule has 6 atom stereocenters. The number of epoxide rings is 4. The van der Waals surface area contributed by atoms with Gasteiger partial charge in [0.1, 0.15) is 103 Å². The van der Waals surface area contributed by atoms with E-state index in [1.165, 1.54) is 96.8 Å². The molecule has 30 nitrogen and oxygen atoms in total. The number of hydrogen-bond acceptors (Lipinski definition) is 28. The highest BCUT2D eigenvalue weighted by Crippen LogP contribution is 2.59. The second kappa shape index (κ2) is 38.8. The highest BCUT2D eigenvalue weighted by Gasteiger charge is 2.48. The number of benzene rings is 9. The van der Waals surface area contributed by atoms with Crippen LogP contribution >= 0.6 is 22.7 Å². The van der Waals surface area contributed by atoms with Gasteiger partial charge in [0.15, 0.2) is 12.3 Å². The van der Waals surface area contributed by atoms with Gasteiger partial charge in [-0.3, -0.25) is 58.4 Å². The number of aromatic nitrogens is 3. The van der Waals surface area contributed by atoms with Crippen LogP contribution in [-0.4, -0.2) is 163 Å². The van der Waals surface area contributed by atoms with Crippen molar-refractivity contribution in [3.63, 3.8) is 0 Å². The molecule has 0 saturated carbocycles. The number of nitrogens with one attached hydrogen (secondary N) is 2. The molecule has 2 N–H and O–H groups in total. The van der Waals surface area contributed by atoms with Gasteiger partial charge in [-0.05, 0) is 166 Å². The summed E-state index contributed by atoms with van der Waals surface area (Å²) in [4.78, 5) is 175. The molecule has 32 heteroatoms. The number of aldehydes is 1. The van der Waals surface area contributed by atoms with E-state index in [-0.39, 0.29) is 247 Å². The maximum Gasteiger partial charge on any atom is 0.339 e. The quantitative estimate of drug-likeness (QED) is 0.00700. The number of pyridine rings is 3. The summed E-state index contributed by atoms with van der Waals surface area (Å²) in [7, 11) is 0. The summed E-state index contributed by atoms with van der Waals surface area (Å²) >= 11 is 2.18. The van der Waals surface area contributed by atoms with Crippen LogP contribution < -0.4 is 39.4 Å². The zero-order valence-corrected chi connectivity index (χ0v) is 78.7. The van der Waals surface area contributed by atoms with E-state index < -0.39 is 65.5 Å². The lowest BCUT2D eigenvalue weighted by atomic mass is 9.81. The number of ether oxygens (including phenoxy) is 12. The summed E-state index contributed by atoms with van der Waals surface area (Å²) in [5.74, 6) is -7.15. The Hall–Kier alpha value is -15.5. The third kappa shape index (κ3) is 19.0. The smallest absolute Gasteiger partial charge is 0.339 e. The molecule has 0 aliphatic carbocycles. The molecule has 9 aromatic carbocycles. The van der Waals surface area contributed by atoms with Crippen molar-refractivity contribution in [3.8, 4) is 46.0 Å². The van der Waals surface area contributed by atoms with Crippen LogP contribution in [0.5, 0.6) is 46.0 Å². The lowest BCUT2D eigenvalue weighted by Gasteiger charge is -2.37. The SMILES string of the molecule is CC(C)c1ccc(Oc2cc(C=O)c3c(C(=O)NC(C(=O)N(c4cncc(C(=O)OCC5CO5)c4)c4cncc(C(=O)OCC5CO5)c4)c4cccs4)cc(Oc4ccc(C(C)C)cc4)c4c5c(Oc6ccc(C(C)C)cc6)cc6c7c(cc(Oc8ccc(C(C)C)cc8)c(c2c34)c75)C(=O)N(C(C(=O)N(C2=CC(C(=O)OCC3CO3)=CNC2)c2cncc(C(=O)OCC3CO3)c2)c2cccs2)C6=O)cc1. The second-order valence-corrected chi connectivity index (χ2v) is 37.9. The van der Waals surface area contributed by atoms with Crippen LogP contribution in [0.2, 0.25) is 0 Å². The van der Waals surface area contributed by atoms with E-state index in [9.17, 15) is 19.2 Å². The van der Waals surface area contributed by atoms with Gasteiger partial charge in [0, 0.05) is 88.9 Å². The Kier molecular flexibility index (Phi) is 25.6. The molecule has 6 unspecified atom stereocenters. The van der Waals surface area contributed by atoms with E-state index in [2.05, 4.69) is 25.6 Å². The van der Waals surface area contributed by atoms with Gasteiger partial charge in [-0.15, -0.1) is 22.7 Å². The minimum absolute atomic E-state index is 0.00831. The normalized spacial score (nSPS) is 16.6. The number of imide groups is 1. The lowest BCUT2D eigenvalue weighted by Crippen LogP contribution is -2.50. The predicted molar refractivity (Wildman–Crippen MR) is 520 cm³/mol. The number of anilines is 3. The molecule has 5 aromatic heterocycles. The number of dihydropyridines is 1. The topological polar surface area (TPSA) is 367 Å². The van der Waals surface area contributed by atoms with Crippen molar-refractivity contribution >= 4 is 143 Å². The maximum atomic E-state index is 17.5. The molecule has 708 valence electrons. The summed E-state index contributed by atoms with van der Waals surface area (Å²) in [6, 6.07) is 42.4. The first-order valence-corrected chi connectivity index (χ1v) is 47.6. The number of esters is 4. The molecule has 140 heavy (non-hydrogen) atoms. The molecule has 0 bridgehead atoms. The fraction of sp³-hybridized carbons (Fsp3) is 0.250. The molecule has 6 aliphatic rings. The Bertz CT molecular complexity index is 7140. The Morgan fingerprint density at radius 3 is 1.19 bits per heavy atom. The third-order valence-corrected chi connectivity index (χ3v) is 26.8. The van der Waals surface area contributed by atoms with E-state index in [1.54, 1.807) is 83.6 Å². The molecule has 0 spiro atoms. The van der Waals surface area contributed by atoms with Crippen LogP contribution in [0.4, 0.5) is 17.1 Å². The van der Waals surface area contributed by atoms with E-state index in [1.807, 2.05) is 104 Å².